The van der Waals surface area contributed by atoms with E-state index in [-0.39, 0.29) is 55.6 Å². The van der Waals surface area contributed by atoms with Gasteiger partial charge in [0.05, 0.1) is 28.1 Å². The van der Waals surface area contributed by atoms with Crippen LogP contribution >= 0.6 is 0 Å². The van der Waals surface area contributed by atoms with Gasteiger partial charge in [0.1, 0.15) is 34.6 Å². The van der Waals surface area contributed by atoms with Crippen molar-refractivity contribution in [3.8, 4) is 5.75 Å². The Morgan fingerprint density at radius 3 is 2.49 bits per heavy atom. The summed E-state index contributed by atoms with van der Waals surface area (Å²) in [5, 5.41) is 5.87. The zero-order chi connectivity index (χ0) is 41.3. The fourth-order valence-electron chi connectivity index (χ4n) is 8.39. The van der Waals surface area contributed by atoms with Crippen LogP contribution < -0.4 is 20.1 Å². The lowest BCUT2D eigenvalue weighted by atomic mass is 9.86. The van der Waals surface area contributed by atoms with Gasteiger partial charge >= 0.3 is 12.3 Å². The van der Waals surface area contributed by atoms with Crippen LogP contribution in [-0.4, -0.2) is 82.2 Å². The number of fused-ring (bicyclic) bond motifs is 5. The van der Waals surface area contributed by atoms with Crippen molar-refractivity contribution in [1.82, 2.24) is 25.2 Å². The van der Waals surface area contributed by atoms with Crippen LogP contribution in [0.25, 0.3) is 10.9 Å². The number of sulfonamides is 1. The number of nitrogens with one attached hydrogen (secondary N) is 3. The number of nitrogens with zero attached hydrogens (tertiary/aromatic N) is 2. The molecule has 7 rings (SSSR count). The lowest BCUT2D eigenvalue weighted by Crippen LogP contribution is -2.58. The minimum Gasteiger partial charge on any atom is -0.483 e. The normalized spacial score (nSPS) is 29.4. The maximum absolute atomic E-state index is 14.7. The first-order valence-electron chi connectivity index (χ1n) is 19.6. The number of carbonyl (C=O) groups excluding carboxylic acids is 4. The summed E-state index contributed by atoms with van der Waals surface area (Å²) < 4.78 is 81.7. The number of halogens is 3. The second-order valence-corrected chi connectivity index (χ2v) is 19.8. The van der Waals surface area contributed by atoms with Crippen molar-refractivity contribution in [2.45, 2.75) is 145 Å². The second kappa shape index (κ2) is 14.2. The number of aromatic nitrogens is 1. The number of benzene rings is 1. The van der Waals surface area contributed by atoms with Gasteiger partial charge in [-0.1, -0.05) is 37.1 Å². The summed E-state index contributed by atoms with van der Waals surface area (Å²) in [6.45, 7) is 8.07. The number of hydrogen-bond acceptors (Lipinski definition) is 9. The van der Waals surface area contributed by atoms with Crippen LogP contribution in [0.5, 0.6) is 5.75 Å². The van der Waals surface area contributed by atoms with Crippen molar-refractivity contribution in [3.63, 3.8) is 0 Å². The molecule has 2 aliphatic carbocycles. The Balaban J connectivity index is 1.25. The van der Waals surface area contributed by atoms with E-state index in [2.05, 4.69) is 20.3 Å². The van der Waals surface area contributed by atoms with E-state index in [9.17, 15) is 40.8 Å². The van der Waals surface area contributed by atoms with Gasteiger partial charge in [0, 0.05) is 23.3 Å². The van der Waals surface area contributed by atoms with Gasteiger partial charge in [-0.05, 0) is 92.1 Å². The standard InChI is InChI=1S/C40H50F3N5O8S/c1-23-31-26(25-13-11-14-27(30(25)44-23)40(41,42)43)16-17-38(55-31)21-29-32(49)46-39(34(51)47-57(53,54)37(5)18-19-37)20-24(39)12-9-7-6-8-10-15-28(33(50)48(29)22-38)45-35(52)56-36(2,3)4/h9,11-14,24,28-29H,6-8,10,15-22H2,1-5H3,(H,45,52)(H,46,49)(H,47,51)/b12-9-/t24-,28-,29-,38+,39+/m0/s1. The third-order valence-electron chi connectivity index (χ3n) is 12.0. The first kappa shape index (κ1) is 40.8. The first-order valence-corrected chi connectivity index (χ1v) is 21.1. The Kier molecular flexibility index (Phi) is 10.1. The van der Waals surface area contributed by atoms with E-state index >= 15 is 0 Å². The van der Waals surface area contributed by atoms with Crippen LogP contribution in [0.3, 0.4) is 0 Å². The highest BCUT2D eigenvalue weighted by Gasteiger charge is 2.64. The Hall–Kier alpha value is -4.41. The zero-order valence-electron chi connectivity index (χ0n) is 32.8. The third kappa shape index (κ3) is 7.92. The topological polar surface area (TPSA) is 173 Å². The van der Waals surface area contributed by atoms with E-state index < -0.39 is 85.1 Å². The van der Waals surface area contributed by atoms with E-state index in [1.54, 1.807) is 40.7 Å². The molecule has 5 aliphatic rings. The molecule has 2 saturated carbocycles. The summed E-state index contributed by atoms with van der Waals surface area (Å²) in [5.74, 6) is -2.36. The fraction of sp³-hybridized carbons (Fsp3) is 0.625. The number of allylic oxidation sites excluding steroid dienone is 1. The smallest absolute Gasteiger partial charge is 0.418 e. The second-order valence-electron chi connectivity index (χ2n) is 17.6. The Morgan fingerprint density at radius 1 is 1.07 bits per heavy atom. The molecule has 1 spiro atoms. The number of amides is 4. The largest absolute Gasteiger partial charge is 0.483 e. The number of alkyl carbamates (subject to hydrolysis) is 1. The number of carbonyl (C=O) groups is 4. The quantitative estimate of drug-likeness (QED) is 0.337. The van der Waals surface area contributed by atoms with E-state index in [1.807, 2.05) is 12.2 Å². The van der Waals surface area contributed by atoms with Crippen molar-refractivity contribution < 1.29 is 50.2 Å². The molecule has 1 saturated heterocycles. The third-order valence-corrected chi connectivity index (χ3v) is 14.2. The molecule has 5 atom stereocenters. The summed E-state index contributed by atoms with van der Waals surface area (Å²) in [6, 6.07) is 1.54. The number of hydrogen-bond donors (Lipinski definition) is 3. The van der Waals surface area contributed by atoms with Gasteiger partial charge in [-0.15, -0.1) is 0 Å². The Bertz CT molecular complexity index is 2150. The molecule has 13 nitrogen and oxygen atoms in total. The van der Waals surface area contributed by atoms with Crippen LogP contribution in [0.15, 0.2) is 30.4 Å². The molecule has 0 radical (unpaired) electrons. The maximum atomic E-state index is 14.7. The van der Waals surface area contributed by atoms with Crippen molar-refractivity contribution in [3.05, 3.63) is 47.2 Å². The molecule has 0 bridgehead atoms. The number of ether oxygens (including phenoxy) is 2. The lowest BCUT2D eigenvalue weighted by Gasteiger charge is -2.37. The highest BCUT2D eigenvalue weighted by molar-refractivity contribution is 7.91. The van der Waals surface area contributed by atoms with Crippen LogP contribution in [0, 0.1) is 12.8 Å². The monoisotopic (exact) mass is 817 g/mol. The maximum Gasteiger partial charge on any atom is 0.418 e. The molecule has 2 aromatic rings. The molecule has 57 heavy (non-hydrogen) atoms. The van der Waals surface area contributed by atoms with Crippen molar-refractivity contribution in [2.24, 2.45) is 5.92 Å². The van der Waals surface area contributed by atoms with Crippen molar-refractivity contribution in [1.29, 1.82) is 0 Å². The molecule has 1 aromatic carbocycles. The number of alkyl halides is 3. The van der Waals surface area contributed by atoms with Crippen LogP contribution in [0.2, 0.25) is 0 Å². The molecule has 3 N–H and O–H groups in total. The number of para-hydroxylation sites is 1. The van der Waals surface area contributed by atoms with Crippen molar-refractivity contribution >= 4 is 44.7 Å². The van der Waals surface area contributed by atoms with Gasteiger partial charge in [0.25, 0.3) is 5.91 Å². The summed E-state index contributed by atoms with van der Waals surface area (Å²) in [5.41, 5.74) is -3.97. The van der Waals surface area contributed by atoms with E-state index in [4.69, 9.17) is 9.47 Å². The van der Waals surface area contributed by atoms with E-state index in [1.165, 1.54) is 11.0 Å². The van der Waals surface area contributed by atoms with Gasteiger partial charge in [0.15, 0.2) is 0 Å². The Morgan fingerprint density at radius 2 is 1.81 bits per heavy atom. The summed E-state index contributed by atoms with van der Waals surface area (Å²) in [6.07, 6.45) is 2.53. The average molecular weight is 818 g/mol. The average Bonchev–Trinajstić information content (AvgIpc) is 4.00. The van der Waals surface area contributed by atoms with Gasteiger partial charge in [0.2, 0.25) is 21.8 Å². The summed E-state index contributed by atoms with van der Waals surface area (Å²) in [4.78, 5) is 62.0. The minimum absolute atomic E-state index is 0.0577. The molecule has 17 heteroatoms. The molecule has 310 valence electrons. The molecule has 3 aliphatic heterocycles. The fourth-order valence-corrected chi connectivity index (χ4v) is 9.70. The molecule has 3 fully saturated rings. The number of pyridine rings is 1. The number of rotatable bonds is 4. The van der Waals surface area contributed by atoms with Gasteiger partial charge in [-0.25, -0.2) is 18.2 Å². The van der Waals surface area contributed by atoms with Gasteiger partial charge < -0.3 is 25.0 Å². The van der Waals surface area contributed by atoms with Crippen LogP contribution in [0.4, 0.5) is 18.0 Å². The highest BCUT2D eigenvalue weighted by atomic mass is 32.2. The summed E-state index contributed by atoms with van der Waals surface area (Å²) in [7, 11) is -4.05. The molecule has 4 heterocycles. The van der Waals surface area contributed by atoms with Gasteiger partial charge in [-0.3, -0.25) is 19.1 Å². The molecule has 0 unspecified atom stereocenters. The highest BCUT2D eigenvalue weighted by Crippen LogP contribution is 2.49. The molecular formula is C40H50F3N5O8S. The summed E-state index contributed by atoms with van der Waals surface area (Å²) >= 11 is 0. The van der Waals surface area contributed by atoms with Crippen molar-refractivity contribution in [2.75, 3.05) is 6.54 Å². The zero-order valence-corrected chi connectivity index (χ0v) is 33.6. The predicted molar refractivity (Wildman–Crippen MR) is 202 cm³/mol. The molecule has 4 amide bonds. The van der Waals surface area contributed by atoms with Crippen LogP contribution in [0.1, 0.15) is 109 Å². The predicted octanol–water partition coefficient (Wildman–Crippen LogP) is 5.51. The Labute approximate surface area is 329 Å². The first-order chi connectivity index (χ1) is 26.6. The van der Waals surface area contributed by atoms with E-state index in [0.717, 1.165) is 12.5 Å². The molecule has 1 aromatic heterocycles. The van der Waals surface area contributed by atoms with Crippen LogP contribution in [-0.2, 0) is 41.7 Å². The number of aryl methyl sites for hydroxylation is 2. The SMILES string of the molecule is Cc1nc2c(C(F)(F)F)cccc2c2c1O[C@]1(CC2)C[C@H]2C(=O)N[C@]3(C(=O)NS(=O)(=O)C4(C)CC4)C[C@@H]3/C=C\CCCCC[C@H](NC(=O)OC(C)(C)C)C(=O)N2C1. The van der Waals surface area contributed by atoms with Gasteiger partial charge in [-0.2, -0.15) is 13.2 Å². The van der Waals surface area contributed by atoms with E-state index in [0.29, 0.717) is 43.1 Å². The minimum atomic E-state index is -4.63. The lowest BCUT2D eigenvalue weighted by molar-refractivity contribution is -0.141. The molecular weight excluding hydrogens is 768 g/mol.